The van der Waals surface area contributed by atoms with Gasteiger partial charge in [-0.15, -0.1) is 0 Å². The molecular weight excluding hydrogens is 260 g/mol. The van der Waals surface area contributed by atoms with Gasteiger partial charge < -0.3 is 9.88 Å². The lowest BCUT2D eigenvalue weighted by Gasteiger charge is -2.47. The van der Waals surface area contributed by atoms with Gasteiger partial charge in [-0.05, 0) is 37.6 Å². The van der Waals surface area contributed by atoms with Gasteiger partial charge in [0.25, 0.3) is 0 Å². The van der Waals surface area contributed by atoms with Gasteiger partial charge in [0, 0.05) is 37.6 Å². The van der Waals surface area contributed by atoms with E-state index in [-0.39, 0.29) is 0 Å². The molecule has 4 heteroatoms. The molecule has 2 heterocycles. The van der Waals surface area contributed by atoms with E-state index in [0.717, 1.165) is 38.0 Å². The van der Waals surface area contributed by atoms with E-state index in [4.69, 9.17) is 0 Å². The lowest BCUT2D eigenvalue weighted by Crippen LogP contribution is -2.58. The average Bonchev–Trinajstić information content (AvgIpc) is 2.91. The van der Waals surface area contributed by atoms with Gasteiger partial charge >= 0.3 is 0 Å². The van der Waals surface area contributed by atoms with Crippen molar-refractivity contribution in [3.8, 4) is 0 Å². The molecule has 21 heavy (non-hydrogen) atoms. The molecule has 1 aromatic rings. The van der Waals surface area contributed by atoms with Gasteiger partial charge in [-0.2, -0.15) is 0 Å². The van der Waals surface area contributed by atoms with Crippen LogP contribution in [0.2, 0.25) is 0 Å². The van der Waals surface area contributed by atoms with Crippen LogP contribution in [0.3, 0.4) is 0 Å². The van der Waals surface area contributed by atoms with Gasteiger partial charge in [0.15, 0.2) is 0 Å². The Morgan fingerprint density at radius 2 is 2.14 bits per heavy atom. The van der Waals surface area contributed by atoms with Crippen LogP contribution >= 0.6 is 0 Å². The zero-order valence-corrected chi connectivity index (χ0v) is 13.8. The van der Waals surface area contributed by atoms with Crippen molar-refractivity contribution in [3.05, 3.63) is 18.2 Å². The smallest absolute Gasteiger partial charge is 0.122 e. The highest BCUT2D eigenvalue weighted by Gasteiger charge is 2.38. The fraction of sp³-hybridized carbons (Fsp3) is 0.824. The summed E-state index contributed by atoms with van der Waals surface area (Å²) in [6.07, 6.45) is 7.96. The van der Waals surface area contributed by atoms with E-state index >= 15 is 0 Å². The summed E-state index contributed by atoms with van der Waals surface area (Å²) in [6, 6.07) is 1.31. The Labute approximate surface area is 128 Å². The van der Waals surface area contributed by atoms with E-state index in [9.17, 15) is 0 Å². The molecule has 1 aliphatic carbocycles. The summed E-state index contributed by atoms with van der Waals surface area (Å²) >= 11 is 0. The molecule has 1 fully saturated rings. The normalized spacial score (nSPS) is 33.9. The summed E-state index contributed by atoms with van der Waals surface area (Å²) < 4.78 is 2.31. The minimum absolute atomic E-state index is 0.644. The van der Waals surface area contributed by atoms with Gasteiger partial charge in [0.2, 0.25) is 0 Å². The average molecular weight is 290 g/mol. The Morgan fingerprint density at radius 1 is 1.29 bits per heavy atom. The molecule has 0 radical (unpaired) electrons. The summed E-state index contributed by atoms with van der Waals surface area (Å²) in [5, 5.41) is 3.83. The zero-order valence-electron chi connectivity index (χ0n) is 13.8. The van der Waals surface area contributed by atoms with Gasteiger partial charge in [-0.1, -0.05) is 20.8 Å². The molecule has 118 valence electrons. The lowest BCUT2D eigenvalue weighted by molar-refractivity contribution is 0.0413. The van der Waals surface area contributed by atoms with Gasteiger partial charge in [0.1, 0.15) is 5.82 Å². The van der Waals surface area contributed by atoms with Crippen molar-refractivity contribution < 1.29 is 0 Å². The number of hydrogen-bond donors (Lipinski definition) is 1. The summed E-state index contributed by atoms with van der Waals surface area (Å²) in [5.41, 5.74) is 0. The van der Waals surface area contributed by atoms with Crippen LogP contribution in [0.15, 0.2) is 12.4 Å². The van der Waals surface area contributed by atoms with E-state index in [2.05, 4.69) is 46.7 Å². The number of hydrogen-bond acceptors (Lipinski definition) is 3. The predicted molar refractivity (Wildman–Crippen MR) is 86.1 cm³/mol. The Morgan fingerprint density at radius 3 is 2.95 bits per heavy atom. The minimum Gasteiger partial charge on any atom is -0.333 e. The van der Waals surface area contributed by atoms with Gasteiger partial charge in [0.05, 0.1) is 6.54 Å². The molecule has 4 unspecified atom stereocenters. The molecule has 1 N–H and O–H groups in total. The quantitative estimate of drug-likeness (QED) is 0.925. The number of nitrogens with one attached hydrogen (secondary N) is 1. The first kappa shape index (κ1) is 15.0. The highest BCUT2D eigenvalue weighted by atomic mass is 15.3. The molecule has 1 saturated carbocycles. The second-order valence-corrected chi connectivity index (χ2v) is 7.11. The third-order valence-corrected chi connectivity index (χ3v) is 5.28. The first-order valence-corrected chi connectivity index (χ1v) is 8.66. The minimum atomic E-state index is 0.644. The SMILES string of the molecule is CCCNC1CC(C)CC(C)C1N1CCn2ccnc2C1. The van der Waals surface area contributed by atoms with E-state index in [1.54, 1.807) is 0 Å². The van der Waals surface area contributed by atoms with Crippen LogP contribution in [0, 0.1) is 11.8 Å². The van der Waals surface area contributed by atoms with Crippen LogP contribution < -0.4 is 5.32 Å². The number of fused-ring (bicyclic) bond motifs is 1. The standard InChI is InChI=1S/C17H30N4/c1-4-5-18-15-11-13(2)10-14(3)17(15)21-9-8-20-7-6-19-16(20)12-21/h6-7,13-15,17-18H,4-5,8-12H2,1-3H3. The molecule has 2 aliphatic rings. The molecule has 4 nitrogen and oxygen atoms in total. The molecule has 0 aromatic carbocycles. The summed E-state index contributed by atoms with van der Waals surface area (Å²) in [6.45, 7) is 11.5. The molecule has 4 atom stereocenters. The summed E-state index contributed by atoms with van der Waals surface area (Å²) in [7, 11) is 0. The Balaban J connectivity index is 1.74. The molecular formula is C17H30N4. The van der Waals surface area contributed by atoms with E-state index in [1.165, 1.54) is 25.1 Å². The maximum Gasteiger partial charge on any atom is 0.122 e. The number of nitrogens with zero attached hydrogens (tertiary/aromatic N) is 3. The first-order valence-electron chi connectivity index (χ1n) is 8.66. The fourth-order valence-electron chi connectivity index (χ4n) is 4.43. The number of imidazole rings is 1. The number of rotatable bonds is 4. The maximum absolute atomic E-state index is 4.53. The molecule has 0 bridgehead atoms. The van der Waals surface area contributed by atoms with Crippen molar-refractivity contribution in [3.63, 3.8) is 0 Å². The van der Waals surface area contributed by atoms with Crippen molar-refractivity contribution in [1.29, 1.82) is 0 Å². The third kappa shape index (κ3) is 3.16. The van der Waals surface area contributed by atoms with Crippen molar-refractivity contribution in [1.82, 2.24) is 19.8 Å². The van der Waals surface area contributed by atoms with E-state index in [1.807, 2.05) is 6.20 Å². The van der Waals surface area contributed by atoms with Crippen LogP contribution in [-0.2, 0) is 13.1 Å². The summed E-state index contributed by atoms with van der Waals surface area (Å²) in [5.74, 6) is 2.85. The topological polar surface area (TPSA) is 33.1 Å². The highest BCUT2D eigenvalue weighted by Crippen LogP contribution is 2.33. The van der Waals surface area contributed by atoms with Crippen LogP contribution in [0.1, 0.15) is 45.9 Å². The van der Waals surface area contributed by atoms with Crippen molar-refractivity contribution in [2.24, 2.45) is 11.8 Å². The molecule has 3 rings (SSSR count). The first-order chi connectivity index (χ1) is 10.2. The van der Waals surface area contributed by atoms with Crippen molar-refractivity contribution in [2.45, 2.75) is 65.2 Å². The second kappa shape index (κ2) is 6.49. The predicted octanol–water partition coefficient (Wildman–Crippen LogP) is 2.50. The van der Waals surface area contributed by atoms with Crippen molar-refractivity contribution >= 4 is 0 Å². The van der Waals surface area contributed by atoms with Crippen LogP contribution in [-0.4, -0.2) is 39.6 Å². The number of aromatic nitrogens is 2. The van der Waals surface area contributed by atoms with Crippen molar-refractivity contribution in [2.75, 3.05) is 13.1 Å². The summed E-state index contributed by atoms with van der Waals surface area (Å²) in [4.78, 5) is 7.22. The van der Waals surface area contributed by atoms with Crippen LogP contribution in [0.25, 0.3) is 0 Å². The lowest BCUT2D eigenvalue weighted by atomic mass is 9.75. The zero-order chi connectivity index (χ0) is 14.8. The monoisotopic (exact) mass is 290 g/mol. The Kier molecular flexibility index (Phi) is 4.65. The fourth-order valence-corrected chi connectivity index (χ4v) is 4.43. The molecule has 1 aliphatic heterocycles. The van der Waals surface area contributed by atoms with E-state index < -0.39 is 0 Å². The second-order valence-electron chi connectivity index (χ2n) is 7.11. The molecule has 0 spiro atoms. The maximum atomic E-state index is 4.53. The van der Waals surface area contributed by atoms with Crippen LogP contribution in [0.5, 0.6) is 0 Å². The van der Waals surface area contributed by atoms with Crippen LogP contribution in [0.4, 0.5) is 0 Å². The molecule has 0 saturated heterocycles. The Bertz CT molecular complexity index is 455. The Hall–Kier alpha value is -0.870. The molecule has 1 aromatic heterocycles. The van der Waals surface area contributed by atoms with Gasteiger partial charge in [-0.3, -0.25) is 4.90 Å². The van der Waals surface area contributed by atoms with E-state index in [0.29, 0.717) is 12.1 Å². The molecule has 0 amide bonds. The largest absolute Gasteiger partial charge is 0.333 e. The third-order valence-electron chi connectivity index (χ3n) is 5.28. The highest BCUT2D eigenvalue weighted by molar-refractivity contribution is 5.01. The van der Waals surface area contributed by atoms with Gasteiger partial charge in [-0.25, -0.2) is 4.98 Å².